The molecule has 0 nitrogen and oxygen atoms in total. The van der Waals surface area contributed by atoms with Crippen molar-refractivity contribution in [2.45, 2.75) is 291 Å². The maximum Gasteiger partial charge on any atom is -0.00201 e. The predicted molar refractivity (Wildman–Crippen MR) is 692 cm³/mol. The molecule has 0 bridgehead atoms. The SMILES string of the molecule is CC.CC.CC.CC.CC.CC.CC.CC.CC.CC.CC.CC.CC.CC.CC.CC.CC.CC.Cc1ccccc1.Cc1ccccc1-c1c2ccccc2c(-c2cccc3ccccc23)c2ccccc12.Cc1ccccc1-c1c2ccccc2c(-c2ccccc2)c2ccccc12.Cc1ccccc1-c1ccc2ccccc2c1.Cc1ccccc1-c1cccc2ccccc12.Cc1ccccc1-c1ccccc1. The summed E-state index contributed by atoms with van der Waals surface area (Å²) in [4.78, 5) is 0. The van der Waals surface area contributed by atoms with E-state index in [9.17, 15) is 0 Å². The molecule has 0 fully saturated rings. The summed E-state index contributed by atoms with van der Waals surface area (Å²) in [5.74, 6) is 0. The maximum absolute atomic E-state index is 2.28. The largest absolute Gasteiger partial charge is 0.0683 e. The van der Waals surface area contributed by atoms with Gasteiger partial charge in [0.2, 0.25) is 0 Å². The third kappa shape index (κ3) is 42.6. The molecular weight excluding hydrogens is 1780 g/mol. The Morgan fingerprint density at radius 3 is 0.595 bits per heavy atom. The van der Waals surface area contributed by atoms with Crippen molar-refractivity contribution in [1.82, 2.24) is 0 Å². The van der Waals surface area contributed by atoms with E-state index in [1.165, 1.54) is 187 Å². The molecule has 0 spiro atoms. The Hall–Kier alpha value is -13.8. The second-order valence-electron chi connectivity index (χ2n) is 28.8. The average molecular weight is 1980 g/mol. The summed E-state index contributed by atoms with van der Waals surface area (Å²) in [5, 5.41) is 18.2. The summed E-state index contributed by atoms with van der Waals surface area (Å²) in [6.45, 7) is 84.9. The first-order valence-corrected chi connectivity index (χ1v) is 56.9. The van der Waals surface area contributed by atoms with Gasteiger partial charge in [0.1, 0.15) is 0 Å². The summed E-state index contributed by atoms with van der Waals surface area (Å²) >= 11 is 0. The van der Waals surface area contributed by atoms with Gasteiger partial charge in [-0.3, -0.25) is 0 Å². The highest BCUT2D eigenvalue weighted by Crippen LogP contribution is 2.48. The Morgan fingerprint density at radius 2 is 0.297 bits per heavy atom. The van der Waals surface area contributed by atoms with Crippen LogP contribution >= 0.6 is 0 Å². The van der Waals surface area contributed by atoms with Gasteiger partial charge in [-0.1, -0.05) is 686 Å². The van der Waals surface area contributed by atoms with E-state index >= 15 is 0 Å². The highest BCUT2D eigenvalue weighted by atomic mass is 14.2. The minimum absolute atomic E-state index is 1.27. The van der Waals surface area contributed by atoms with E-state index in [2.05, 4.69) is 454 Å². The molecule has 20 rings (SSSR count). The normalized spacial score (nSPS) is 8.88. The van der Waals surface area contributed by atoms with Crippen LogP contribution in [0, 0.1) is 41.5 Å². The molecule has 0 aliphatic heterocycles. The van der Waals surface area contributed by atoms with E-state index in [0.29, 0.717) is 0 Å². The van der Waals surface area contributed by atoms with Crippen molar-refractivity contribution in [3.05, 3.63) is 470 Å². The number of hydrogen-bond donors (Lipinski definition) is 0. The summed E-state index contributed by atoms with van der Waals surface area (Å²) in [5.41, 5.74) is 26.2. The molecule has 0 N–H and O–H groups in total. The molecular formula is C148H198. The van der Waals surface area contributed by atoms with E-state index in [4.69, 9.17) is 0 Å². The zero-order chi connectivity index (χ0) is 113. The topological polar surface area (TPSA) is 0 Å². The first-order chi connectivity index (χ1) is 73.1. The van der Waals surface area contributed by atoms with Crippen molar-refractivity contribution < 1.29 is 0 Å². The predicted octanol–water partition coefficient (Wildman–Crippen LogP) is 50.2. The summed E-state index contributed by atoms with van der Waals surface area (Å²) in [7, 11) is 0. The third-order valence-electron chi connectivity index (χ3n) is 21.4. The van der Waals surface area contributed by atoms with Crippen LogP contribution in [0.3, 0.4) is 0 Å². The molecule has 0 saturated carbocycles. The average Bonchev–Trinajstić information content (AvgIpc) is 0.738. The summed E-state index contributed by atoms with van der Waals surface area (Å²) in [6, 6.07) is 155. The number of aryl methyl sites for hydroxylation is 6. The molecule has 148 heavy (non-hydrogen) atoms. The molecule has 0 atom stereocenters. The van der Waals surface area contributed by atoms with Crippen LogP contribution in [-0.2, 0) is 0 Å². The van der Waals surface area contributed by atoms with Gasteiger partial charge in [-0.2, -0.15) is 0 Å². The highest BCUT2D eigenvalue weighted by Gasteiger charge is 2.20. The smallest absolute Gasteiger partial charge is 0.00201 e. The van der Waals surface area contributed by atoms with E-state index < -0.39 is 0 Å². The Morgan fingerprint density at radius 1 is 0.101 bits per heavy atom. The van der Waals surface area contributed by atoms with Gasteiger partial charge in [-0.15, -0.1) is 0 Å². The van der Waals surface area contributed by atoms with Crippen LogP contribution in [0.1, 0.15) is 283 Å². The lowest BCUT2D eigenvalue weighted by Gasteiger charge is -2.19. The fourth-order valence-electron chi connectivity index (χ4n) is 15.8. The number of hydrogen-bond acceptors (Lipinski definition) is 0. The monoisotopic (exact) mass is 1980 g/mol. The van der Waals surface area contributed by atoms with Gasteiger partial charge in [-0.05, 0) is 229 Å². The molecule has 0 aromatic heterocycles. The molecule has 20 aromatic rings. The van der Waals surface area contributed by atoms with Crippen LogP contribution in [0.25, 0.3) is 153 Å². The summed E-state index contributed by atoms with van der Waals surface area (Å²) in [6.07, 6.45) is 0. The molecule has 0 amide bonds. The van der Waals surface area contributed by atoms with Gasteiger partial charge < -0.3 is 0 Å². The van der Waals surface area contributed by atoms with Crippen molar-refractivity contribution in [3.63, 3.8) is 0 Å². The molecule has 0 heteroatoms. The quantitative estimate of drug-likeness (QED) is 0.140. The fourth-order valence-corrected chi connectivity index (χ4v) is 15.8. The van der Waals surface area contributed by atoms with Crippen LogP contribution in [-0.4, -0.2) is 0 Å². The van der Waals surface area contributed by atoms with Crippen molar-refractivity contribution in [2.75, 3.05) is 0 Å². The number of fused-ring (bicyclic) bond motifs is 7. The van der Waals surface area contributed by atoms with E-state index in [-0.39, 0.29) is 0 Å². The molecule has 790 valence electrons. The van der Waals surface area contributed by atoms with Crippen LogP contribution < -0.4 is 0 Å². The van der Waals surface area contributed by atoms with Gasteiger partial charge in [-0.25, -0.2) is 0 Å². The minimum atomic E-state index is 1.27. The first kappa shape index (κ1) is 140. The first-order valence-electron chi connectivity index (χ1n) is 56.9. The molecule has 0 radical (unpaired) electrons. The number of rotatable bonds is 7. The molecule has 0 aliphatic rings. The molecule has 20 aromatic carbocycles. The van der Waals surface area contributed by atoms with E-state index in [0.717, 1.165) is 0 Å². The van der Waals surface area contributed by atoms with Gasteiger partial charge in [0, 0.05) is 0 Å². The maximum atomic E-state index is 2.28. The van der Waals surface area contributed by atoms with Gasteiger partial charge in [0.25, 0.3) is 0 Å². The Kier molecular flexibility index (Phi) is 86.1. The zero-order valence-electron chi connectivity index (χ0n) is 101. The Balaban J connectivity index is -0.000000814. The van der Waals surface area contributed by atoms with Crippen LogP contribution in [0.4, 0.5) is 0 Å². The van der Waals surface area contributed by atoms with Crippen molar-refractivity contribution in [3.8, 4) is 77.9 Å². The zero-order valence-corrected chi connectivity index (χ0v) is 101. The Bertz CT molecular complexity index is 6490. The second kappa shape index (κ2) is 90.7. The highest BCUT2D eigenvalue weighted by molar-refractivity contribution is 6.24. The molecule has 0 aliphatic carbocycles. The van der Waals surface area contributed by atoms with Crippen molar-refractivity contribution in [1.29, 1.82) is 0 Å². The fraction of sp³-hybridized carbons (Fsp3) is 0.284. The van der Waals surface area contributed by atoms with Crippen LogP contribution in [0.15, 0.2) is 437 Å². The van der Waals surface area contributed by atoms with Crippen molar-refractivity contribution in [2.24, 2.45) is 0 Å². The molecule has 0 unspecified atom stereocenters. The minimum Gasteiger partial charge on any atom is -0.0683 e. The van der Waals surface area contributed by atoms with Crippen LogP contribution in [0.2, 0.25) is 0 Å². The lowest BCUT2D eigenvalue weighted by molar-refractivity contribution is 1.46. The summed E-state index contributed by atoms with van der Waals surface area (Å²) < 4.78 is 0. The third-order valence-corrected chi connectivity index (χ3v) is 21.4. The van der Waals surface area contributed by atoms with Gasteiger partial charge in [0.05, 0.1) is 0 Å². The number of benzene rings is 20. The molecule has 0 saturated heterocycles. The van der Waals surface area contributed by atoms with E-state index in [1.807, 2.05) is 274 Å². The van der Waals surface area contributed by atoms with Crippen molar-refractivity contribution >= 4 is 75.4 Å². The van der Waals surface area contributed by atoms with Gasteiger partial charge in [0.15, 0.2) is 0 Å². The molecule has 0 heterocycles. The van der Waals surface area contributed by atoms with Crippen LogP contribution in [0.5, 0.6) is 0 Å². The lowest BCUT2D eigenvalue weighted by atomic mass is 9.84. The Labute approximate surface area is 907 Å². The van der Waals surface area contributed by atoms with Gasteiger partial charge >= 0.3 is 0 Å². The van der Waals surface area contributed by atoms with E-state index in [1.54, 1.807) is 0 Å². The lowest BCUT2D eigenvalue weighted by Crippen LogP contribution is -1.92. The standard InChI is InChI=1S/C31H22.C27H20.2C17H14.C13H12.C7H8.18C2H6/c1-21-11-2-4-14-23(21)30-26-16-6-8-18-28(26)31(29-19-9-7-17-27(29)30)25-20-10-13-22-12-3-5-15-24(22)25;1-19-11-5-6-14-21(19)27-24-17-9-7-15-22(24)26(20-12-3-2-4-13-20)23-16-8-10-18-25(23)27;1-13-6-2-5-9-17(13)16-11-10-14-7-3-4-8-15(14)12-16;1-13-7-2-4-10-15(13)17-12-6-9-14-8-3-5-11-16(14)17;1-11-7-5-6-10-13(11)12-8-3-2-4-9-12;1-7-5-3-2-4-6-7;18*1-2/h2-20H,1H3;2-18H,1H3;2*2-12H,1H3;2-10H,1H3;2-6H,1H3;18*1-2H3. The second-order valence-corrected chi connectivity index (χ2v) is 28.8.